The van der Waals surface area contributed by atoms with Gasteiger partial charge in [-0.05, 0) is 24.3 Å². The third-order valence-corrected chi connectivity index (χ3v) is 3.75. The second kappa shape index (κ2) is 4.70. The molecule has 19 heavy (non-hydrogen) atoms. The molecule has 0 spiro atoms. The Labute approximate surface area is 113 Å². The summed E-state index contributed by atoms with van der Waals surface area (Å²) in [5.74, 6) is 0.754. The van der Waals surface area contributed by atoms with Crippen molar-refractivity contribution in [1.82, 2.24) is 4.98 Å². The molecule has 4 nitrogen and oxygen atoms in total. The molecule has 2 N–H and O–H groups in total. The van der Waals surface area contributed by atoms with Crippen molar-refractivity contribution in [3.05, 3.63) is 53.5 Å². The van der Waals surface area contributed by atoms with E-state index in [4.69, 9.17) is 10.5 Å². The molecular formula is C14H10N2O2S. The van der Waals surface area contributed by atoms with Crippen LogP contribution < -0.4 is 10.5 Å². The molecule has 0 aliphatic rings. The molecule has 0 bridgehead atoms. The molecule has 0 saturated heterocycles. The molecule has 2 heterocycles. The summed E-state index contributed by atoms with van der Waals surface area (Å²) in [6, 6.07) is 13.0. The maximum Gasteiger partial charge on any atom is 0.258 e. The number of nitrogens with two attached hydrogens (primary N) is 1. The Balaban J connectivity index is 2.06. The van der Waals surface area contributed by atoms with Crippen molar-refractivity contribution in [1.29, 1.82) is 0 Å². The van der Waals surface area contributed by atoms with Crippen LogP contribution in [-0.2, 0) is 0 Å². The molecule has 0 aliphatic heterocycles. The van der Waals surface area contributed by atoms with Gasteiger partial charge in [0.25, 0.3) is 5.91 Å². The summed E-state index contributed by atoms with van der Waals surface area (Å²) in [5, 5.41) is 0.903. The zero-order valence-corrected chi connectivity index (χ0v) is 10.7. The van der Waals surface area contributed by atoms with Crippen LogP contribution in [0.1, 0.15) is 9.67 Å². The zero-order chi connectivity index (χ0) is 13.2. The van der Waals surface area contributed by atoms with Gasteiger partial charge < -0.3 is 10.5 Å². The Morgan fingerprint density at radius 2 is 2.00 bits per heavy atom. The lowest BCUT2D eigenvalue weighted by atomic mass is 10.3. The first-order valence-electron chi connectivity index (χ1n) is 5.65. The highest BCUT2D eigenvalue weighted by Gasteiger charge is 2.12. The molecule has 1 amide bonds. The molecule has 1 aromatic carbocycles. The van der Waals surface area contributed by atoms with Crippen LogP contribution in [0, 0.1) is 0 Å². The Morgan fingerprint density at radius 3 is 2.74 bits per heavy atom. The van der Waals surface area contributed by atoms with Crippen molar-refractivity contribution in [2.24, 2.45) is 5.73 Å². The minimum atomic E-state index is -0.438. The number of benzene rings is 1. The van der Waals surface area contributed by atoms with Crippen LogP contribution in [0.25, 0.3) is 10.1 Å². The number of rotatable bonds is 3. The Morgan fingerprint density at radius 1 is 1.21 bits per heavy atom. The highest BCUT2D eigenvalue weighted by molar-refractivity contribution is 7.21. The third kappa shape index (κ3) is 2.28. The van der Waals surface area contributed by atoms with E-state index < -0.39 is 5.91 Å². The molecule has 5 heteroatoms. The minimum Gasteiger partial charge on any atom is -0.438 e. The summed E-state index contributed by atoms with van der Waals surface area (Å²) in [5.41, 5.74) is 5.29. The van der Waals surface area contributed by atoms with Gasteiger partial charge in [0, 0.05) is 11.6 Å². The van der Waals surface area contributed by atoms with Gasteiger partial charge in [0.2, 0.25) is 5.88 Å². The van der Waals surface area contributed by atoms with E-state index in [0.29, 0.717) is 16.5 Å². The first-order chi connectivity index (χ1) is 9.24. The second-order valence-electron chi connectivity index (χ2n) is 3.92. The highest BCUT2D eigenvalue weighted by Crippen LogP contribution is 2.33. The Kier molecular flexibility index (Phi) is 2.89. The molecular weight excluding hydrogens is 260 g/mol. The molecule has 0 atom stereocenters. The van der Waals surface area contributed by atoms with E-state index in [1.54, 1.807) is 12.3 Å². The van der Waals surface area contributed by atoms with E-state index >= 15 is 0 Å². The molecule has 0 saturated carbocycles. The summed E-state index contributed by atoms with van der Waals surface area (Å²) >= 11 is 1.29. The van der Waals surface area contributed by atoms with Crippen molar-refractivity contribution >= 4 is 27.3 Å². The van der Waals surface area contributed by atoms with E-state index in [1.165, 1.54) is 11.3 Å². The van der Waals surface area contributed by atoms with Crippen LogP contribution in [0.3, 0.4) is 0 Å². The predicted molar refractivity (Wildman–Crippen MR) is 74.7 cm³/mol. The van der Waals surface area contributed by atoms with E-state index in [9.17, 15) is 4.79 Å². The van der Waals surface area contributed by atoms with Crippen molar-refractivity contribution in [3.8, 4) is 11.6 Å². The van der Waals surface area contributed by atoms with Crippen LogP contribution in [0.4, 0.5) is 0 Å². The fourth-order valence-electron chi connectivity index (χ4n) is 1.73. The molecule has 2 aromatic heterocycles. The van der Waals surface area contributed by atoms with Crippen molar-refractivity contribution in [3.63, 3.8) is 0 Å². The monoisotopic (exact) mass is 270 g/mol. The van der Waals surface area contributed by atoms with E-state index in [-0.39, 0.29) is 0 Å². The number of para-hydroxylation sites is 1. The van der Waals surface area contributed by atoms with Gasteiger partial charge in [-0.25, -0.2) is 4.98 Å². The van der Waals surface area contributed by atoms with Crippen LogP contribution in [-0.4, -0.2) is 10.9 Å². The van der Waals surface area contributed by atoms with Crippen LogP contribution in [0.2, 0.25) is 0 Å². The predicted octanol–water partition coefficient (Wildman–Crippen LogP) is 3.19. The van der Waals surface area contributed by atoms with Crippen molar-refractivity contribution in [2.45, 2.75) is 0 Å². The summed E-state index contributed by atoms with van der Waals surface area (Å²) in [4.78, 5) is 15.9. The van der Waals surface area contributed by atoms with Gasteiger partial charge in [0.1, 0.15) is 5.75 Å². The van der Waals surface area contributed by atoms with Gasteiger partial charge in [-0.2, -0.15) is 0 Å². The number of fused-ring (bicyclic) bond motifs is 1. The Bertz CT molecular complexity index is 738. The number of amides is 1. The molecule has 3 aromatic rings. The first kappa shape index (κ1) is 11.7. The largest absolute Gasteiger partial charge is 0.438 e. The van der Waals surface area contributed by atoms with E-state index in [2.05, 4.69) is 4.98 Å². The normalized spacial score (nSPS) is 10.5. The molecule has 0 unspecified atom stereocenters. The summed E-state index contributed by atoms with van der Waals surface area (Å²) < 4.78 is 6.55. The summed E-state index contributed by atoms with van der Waals surface area (Å²) in [7, 11) is 0. The zero-order valence-electron chi connectivity index (χ0n) is 9.87. The number of thiophene rings is 1. The van der Waals surface area contributed by atoms with Gasteiger partial charge in [-0.15, -0.1) is 11.3 Å². The Hall–Kier alpha value is -2.40. The van der Waals surface area contributed by atoms with Crippen LogP contribution in [0.5, 0.6) is 11.6 Å². The smallest absolute Gasteiger partial charge is 0.258 e. The van der Waals surface area contributed by atoms with Gasteiger partial charge in [0.15, 0.2) is 0 Å². The fourth-order valence-corrected chi connectivity index (χ4v) is 2.67. The maximum atomic E-state index is 11.2. The molecule has 0 aliphatic carbocycles. The summed E-state index contributed by atoms with van der Waals surface area (Å²) in [6.45, 7) is 0. The van der Waals surface area contributed by atoms with Gasteiger partial charge in [-0.3, -0.25) is 4.79 Å². The van der Waals surface area contributed by atoms with Crippen LogP contribution >= 0.6 is 11.3 Å². The first-order valence-corrected chi connectivity index (χ1v) is 6.47. The van der Waals surface area contributed by atoms with Crippen molar-refractivity contribution < 1.29 is 9.53 Å². The number of hydrogen-bond donors (Lipinski definition) is 1. The van der Waals surface area contributed by atoms with Crippen molar-refractivity contribution in [2.75, 3.05) is 0 Å². The molecule has 3 rings (SSSR count). The third-order valence-electron chi connectivity index (χ3n) is 2.60. The van der Waals surface area contributed by atoms with E-state index in [1.807, 2.05) is 36.4 Å². The topological polar surface area (TPSA) is 65.2 Å². The standard InChI is InChI=1S/C14H10N2O2S/c15-13(17)11-8-9-6-7-16-14(12(9)19-11)18-10-4-2-1-3-5-10/h1-8H,(H2,15,17). The number of carbonyl (C=O) groups excluding carboxylic acids is 1. The number of pyridine rings is 1. The molecule has 0 radical (unpaired) electrons. The minimum absolute atomic E-state index is 0.438. The molecule has 94 valence electrons. The van der Waals surface area contributed by atoms with Gasteiger partial charge in [-0.1, -0.05) is 18.2 Å². The second-order valence-corrected chi connectivity index (χ2v) is 4.98. The lowest BCUT2D eigenvalue weighted by Gasteiger charge is -2.04. The quantitative estimate of drug-likeness (QED) is 0.794. The number of aromatic nitrogens is 1. The fraction of sp³-hybridized carbons (Fsp3) is 0. The van der Waals surface area contributed by atoms with Crippen LogP contribution in [0.15, 0.2) is 48.7 Å². The molecule has 0 fully saturated rings. The average Bonchev–Trinajstić information content (AvgIpc) is 2.85. The lowest BCUT2D eigenvalue weighted by molar-refractivity contribution is 0.100. The number of ether oxygens (including phenoxy) is 1. The van der Waals surface area contributed by atoms with E-state index in [0.717, 1.165) is 10.1 Å². The number of carbonyl (C=O) groups is 1. The number of nitrogens with zero attached hydrogens (tertiary/aromatic N) is 1. The average molecular weight is 270 g/mol. The number of hydrogen-bond acceptors (Lipinski definition) is 4. The lowest BCUT2D eigenvalue weighted by Crippen LogP contribution is -2.07. The maximum absolute atomic E-state index is 11.2. The highest BCUT2D eigenvalue weighted by atomic mass is 32.1. The summed E-state index contributed by atoms with van der Waals surface area (Å²) in [6.07, 6.45) is 1.65. The number of primary amides is 1. The van der Waals surface area contributed by atoms with Gasteiger partial charge in [0.05, 0.1) is 9.58 Å². The van der Waals surface area contributed by atoms with Gasteiger partial charge >= 0.3 is 0 Å². The SMILES string of the molecule is NC(=O)c1cc2ccnc(Oc3ccccc3)c2s1.